The second-order valence-electron chi connectivity index (χ2n) is 6.40. The van der Waals surface area contributed by atoms with Gasteiger partial charge in [0.2, 0.25) is 0 Å². The molecule has 1 amide bonds. The summed E-state index contributed by atoms with van der Waals surface area (Å²) in [4.78, 5) is 17.7. The largest absolute Gasteiger partial charge is 0.298 e. The smallest absolute Gasteiger partial charge is 0.276 e. The minimum Gasteiger partial charge on any atom is -0.298 e. The molecule has 5 nitrogen and oxygen atoms in total. The first-order valence-corrected chi connectivity index (χ1v) is 9.46. The van der Waals surface area contributed by atoms with Gasteiger partial charge in [0.1, 0.15) is 11.9 Å². The molecule has 1 N–H and O–H groups in total. The van der Waals surface area contributed by atoms with Crippen molar-refractivity contribution in [2.24, 2.45) is 16.0 Å². The van der Waals surface area contributed by atoms with Gasteiger partial charge in [0, 0.05) is 11.1 Å². The van der Waals surface area contributed by atoms with Gasteiger partial charge in [0.25, 0.3) is 5.91 Å². The van der Waals surface area contributed by atoms with Gasteiger partial charge >= 0.3 is 0 Å². The van der Waals surface area contributed by atoms with Crippen LogP contribution in [0.2, 0.25) is 0 Å². The molecular formula is C18H20N4OS. The van der Waals surface area contributed by atoms with Crippen molar-refractivity contribution in [3.63, 3.8) is 0 Å². The van der Waals surface area contributed by atoms with Crippen molar-refractivity contribution < 1.29 is 4.79 Å². The van der Waals surface area contributed by atoms with Crippen molar-refractivity contribution in [3.8, 4) is 0 Å². The van der Waals surface area contributed by atoms with E-state index in [-0.39, 0.29) is 12.1 Å². The third-order valence-electron chi connectivity index (χ3n) is 4.84. The zero-order chi connectivity index (χ0) is 16.7. The van der Waals surface area contributed by atoms with Gasteiger partial charge in [0.05, 0.1) is 5.36 Å². The Bertz CT molecular complexity index is 873. The number of benzene rings is 1. The van der Waals surface area contributed by atoms with Gasteiger partial charge in [-0.05, 0) is 38.5 Å². The van der Waals surface area contributed by atoms with E-state index in [2.05, 4.69) is 23.4 Å². The van der Waals surface area contributed by atoms with Gasteiger partial charge in [-0.2, -0.15) is 0 Å². The summed E-state index contributed by atoms with van der Waals surface area (Å²) in [6.07, 6.45) is 7.25. The average molecular weight is 340 g/mol. The second-order valence-corrected chi connectivity index (χ2v) is 7.20. The molecule has 0 saturated heterocycles. The molecule has 1 aliphatic carbocycles. The number of hydrogen-bond acceptors (Lipinski definition) is 5. The molecule has 2 heterocycles. The van der Waals surface area contributed by atoms with Crippen molar-refractivity contribution in [3.05, 3.63) is 46.5 Å². The molecule has 0 bridgehead atoms. The maximum atomic E-state index is 12.7. The molecule has 3 aliphatic rings. The fourth-order valence-electron chi connectivity index (χ4n) is 3.51. The lowest BCUT2D eigenvalue weighted by atomic mass is 9.87. The van der Waals surface area contributed by atoms with Crippen molar-refractivity contribution in [1.29, 1.82) is 0 Å². The standard InChI is InChI=1S/C18H20N4OS/c1-11-7-9-12(10-8-11)16-19-14-6-4-3-5-13(14)15-17(23)20-18(24-2)21-22(15)16/h3-7,12,16H,8-10H2,1-2H3,(H,20,21,23)/t12-,16+/m1/s1. The van der Waals surface area contributed by atoms with E-state index in [0.717, 1.165) is 29.8 Å². The number of amides is 1. The molecule has 0 aromatic heterocycles. The van der Waals surface area contributed by atoms with Crippen molar-refractivity contribution in [2.45, 2.75) is 32.4 Å². The molecule has 2 aliphatic heterocycles. The van der Waals surface area contributed by atoms with Crippen molar-refractivity contribution in [2.75, 3.05) is 6.26 Å². The minimum absolute atomic E-state index is 0.0933. The second kappa shape index (κ2) is 6.09. The number of carbonyl (C=O) groups is 1. The summed E-state index contributed by atoms with van der Waals surface area (Å²) in [7, 11) is 0. The van der Waals surface area contributed by atoms with E-state index < -0.39 is 0 Å². The Morgan fingerprint density at radius 1 is 1.33 bits per heavy atom. The molecule has 6 heteroatoms. The number of hydrogen-bond donors (Lipinski definition) is 1. The molecule has 4 rings (SSSR count). The van der Waals surface area contributed by atoms with Crippen LogP contribution in [0.1, 0.15) is 26.2 Å². The third-order valence-corrected chi connectivity index (χ3v) is 5.41. The zero-order valence-corrected chi connectivity index (χ0v) is 14.6. The van der Waals surface area contributed by atoms with Gasteiger partial charge in [0.15, 0.2) is 5.17 Å². The summed E-state index contributed by atoms with van der Waals surface area (Å²) in [6, 6.07) is 7.84. The van der Waals surface area contributed by atoms with Crippen LogP contribution in [0.3, 0.4) is 0 Å². The highest BCUT2D eigenvalue weighted by Gasteiger charge is 2.37. The fraction of sp³-hybridized carbons (Fsp3) is 0.389. The topological polar surface area (TPSA) is 57.1 Å². The predicted molar refractivity (Wildman–Crippen MR) is 96.4 cm³/mol. The summed E-state index contributed by atoms with van der Waals surface area (Å²) < 4.78 is 0. The molecule has 0 radical (unpaired) electrons. The lowest BCUT2D eigenvalue weighted by Gasteiger charge is -2.38. The normalized spacial score (nSPS) is 25.8. The third kappa shape index (κ3) is 2.55. The first-order chi connectivity index (χ1) is 11.7. The van der Waals surface area contributed by atoms with E-state index in [1.165, 1.54) is 17.3 Å². The van der Waals surface area contributed by atoms with Gasteiger partial charge in [-0.15, -0.1) is 5.10 Å². The van der Waals surface area contributed by atoms with Gasteiger partial charge in [-0.25, -0.2) is 5.01 Å². The molecule has 1 aromatic rings. The Kier molecular flexibility index (Phi) is 3.92. The quantitative estimate of drug-likeness (QED) is 0.790. The summed E-state index contributed by atoms with van der Waals surface area (Å²) in [5.74, 6) is 0.277. The number of nitrogens with one attached hydrogen (secondary N) is 1. The molecule has 2 atom stereocenters. The van der Waals surface area contributed by atoms with Crippen molar-refractivity contribution >= 4 is 28.5 Å². The van der Waals surface area contributed by atoms with Gasteiger partial charge in [-0.3, -0.25) is 15.1 Å². The van der Waals surface area contributed by atoms with Gasteiger partial charge in [-0.1, -0.05) is 41.6 Å². The maximum Gasteiger partial charge on any atom is 0.276 e. The highest BCUT2D eigenvalue weighted by molar-refractivity contribution is 8.13. The summed E-state index contributed by atoms with van der Waals surface area (Å²) >= 11 is 1.45. The first kappa shape index (κ1) is 15.4. The van der Waals surface area contributed by atoms with Crippen LogP contribution >= 0.6 is 11.8 Å². The minimum atomic E-state index is -0.118. The van der Waals surface area contributed by atoms with E-state index in [0.29, 0.717) is 16.8 Å². The van der Waals surface area contributed by atoms with Crippen LogP contribution in [0.4, 0.5) is 0 Å². The summed E-state index contributed by atoms with van der Waals surface area (Å²) in [5.41, 5.74) is 2.06. The Morgan fingerprint density at radius 3 is 2.92 bits per heavy atom. The van der Waals surface area contributed by atoms with E-state index in [1.54, 1.807) is 0 Å². The fourth-order valence-corrected chi connectivity index (χ4v) is 3.87. The number of carbonyl (C=O) groups excluding carboxylic acids is 1. The molecule has 1 aromatic carbocycles. The Morgan fingerprint density at radius 2 is 2.17 bits per heavy atom. The number of rotatable bonds is 1. The molecule has 0 spiro atoms. The van der Waals surface area contributed by atoms with E-state index in [4.69, 9.17) is 4.99 Å². The molecule has 24 heavy (non-hydrogen) atoms. The first-order valence-electron chi connectivity index (χ1n) is 8.23. The summed E-state index contributed by atoms with van der Waals surface area (Å²) in [6.45, 7) is 2.18. The van der Waals surface area contributed by atoms with Crippen molar-refractivity contribution in [1.82, 2.24) is 10.3 Å². The Balaban J connectivity index is 1.87. The SMILES string of the molecule is CSC1=NN2C(=c3ccccc3=N[C@@H]2[C@@H]2CC=C(C)CC2)C(=O)N1. The van der Waals surface area contributed by atoms with Crippen LogP contribution in [-0.2, 0) is 4.79 Å². The monoisotopic (exact) mass is 340 g/mol. The molecule has 0 unspecified atom stereocenters. The number of allylic oxidation sites excluding steroid dienone is 2. The highest BCUT2D eigenvalue weighted by Crippen LogP contribution is 2.32. The highest BCUT2D eigenvalue weighted by atomic mass is 32.2. The zero-order valence-electron chi connectivity index (χ0n) is 13.8. The number of para-hydroxylation sites is 1. The Hall–Kier alpha value is -2.08. The number of thioether (sulfide) groups is 1. The van der Waals surface area contributed by atoms with E-state index >= 15 is 0 Å². The van der Waals surface area contributed by atoms with Crippen LogP contribution in [0.15, 0.2) is 46.0 Å². The average Bonchev–Trinajstić information content (AvgIpc) is 2.61. The summed E-state index contributed by atoms with van der Waals surface area (Å²) in [5, 5.41) is 11.8. The molecule has 0 saturated carbocycles. The maximum absolute atomic E-state index is 12.7. The van der Waals surface area contributed by atoms with Crippen LogP contribution < -0.4 is 15.9 Å². The van der Waals surface area contributed by atoms with Gasteiger partial charge < -0.3 is 0 Å². The van der Waals surface area contributed by atoms with Crippen LogP contribution in [0, 0.1) is 5.92 Å². The van der Waals surface area contributed by atoms with Crippen LogP contribution in [-0.4, -0.2) is 28.5 Å². The molecule has 0 fully saturated rings. The molecular weight excluding hydrogens is 320 g/mol. The van der Waals surface area contributed by atoms with E-state index in [1.807, 2.05) is 35.5 Å². The van der Waals surface area contributed by atoms with Crippen LogP contribution in [0.25, 0.3) is 5.70 Å². The lowest BCUT2D eigenvalue weighted by Crippen LogP contribution is -2.54. The number of hydrazone groups is 1. The number of nitrogens with zero attached hydrogens (tertiary/aromatic N) is 3. The van der Waals surface area contributed by atoms with E-state index in [9.17, 15) is 4.79 Å². The van der Waals surface area contributed by atoms with Crippen LogP contribution in [0.5, 0.6) is 0 Å². The lowest BCUT2D eigenvalue weighted by molar-refractivity contribution is -0.116. The molecule has 124 valence electrons. The number of amidine groups is 1. The predicted octanol–water partition coefficient (Wildman–Crippen LogP) is 1.57. The number of fused-ring (bicyclic) bond motifs is 2. The Labute approximate surface area is 145 Å².